The van der Waals surface area contributed by atoms with Crippen molar-refractivity contribution in [3.05, 3.63) is 64.2 Å². The van der Waals surface area contributed by atoms with E-state index >= 15 is 0 Å². The molecule has 25 heavy (non-hydrogen) atoms. The number of aliphatic hydroxyl groups excluding tert-OH is 1. The first kappa shape index (κ1) is 19.6. The molecule has 0 aliphatic rings. The van der Waals surface area contributed by atoms with Crippen molar-refractivity contribution in [2.45, 2.75) is 23.8 Å². The highest BCUT2D eigenvalue weighted by Gasteiger charge is 2.11. The Bertz CT molecular complexity index is 685. The van der Waals surface area contributed by atoms with Gasteiger partial charge in [0.2, 0.25) is 0 Å². The van der Waals surface area contributed by atoms with Crippen molar-refractivity contribution in [1.29, 1.82) is 0 Å². The molecule has 0 amide bonds. The summed E-state index contributed by atoms with van der Waals surface area (Å²) in [5.41, 5.74) is 1.94. The Morgan fingerprint density at radius 1 is 1.24 bits per heavy atom. The Hall–Kier alpha value is -1.76. The van der Waals surface area contributed by atoms with E-state index in [-0.39, 0.29) is 18.1 Å². The second-order valence-electron chi connectivity index (χ2n) is 5.60. The van der Waals surface area contributed by atoms with E-state index in [1.54, 1.807) is 17.8 Å². The first-order chi connectivity index (χ1) is 12.1. The Morgan fingerprint density at radius 2 is 2.00 bits per heavy atom. The molecule has 0 spiro atoms. The maximum Gasteiger partial charge on any atom is 0.272 e. The SMILES string of the molecule is O=[N+]([O-])c1cc(NCC(O)CCl)cc(SCCCc2ccccc2)c1. The van der Waals surface area contributed by atoms with Crippen LogP contribution in [0.25, 0.3) is 0 Å². The number of anilines is 1. The van der Waals surface area contributed by atoms with Gasteiger partial charge in [-0.1, -0.05) is 30.3 Å². The second kappa shape index (κ2) is 10.3. The lowest BCUT2D eigenvalue weighted by molar-refractivity contribution is -0.385. The monoisotopic (exact) mass is 380 g/mol. The van der Waals surface area contributed by atoms with E-state index in [4.69, 9.17) is 11.6 Å². The fraction of sp³-hybridized carbons (Fsp3) is 0.333. The van der Waals surface area contributed by atoms with Gasteiger partial charge in [0.15, 0.2) is 0 Å². The van der Waals surface area contributed by atoms with E-state index in [0.717, 1.165) is 23.5 Å². The van der Waals surface area contributed by atoms with E-state index < -0.39 is 11.0 Å². The number of nitrogens with zero attached hydrogens (tertiary/aromatic N) is 1. The molecule has 0 radical (unpaired) electrons. The number of halogens is 1. The number of non-ortho nitro benzene ring substituents is 1. The highest BCUT2D eigenvalue weighted by atomic mass is 35.5. The van der Waals surface area contributed by atoms with Crippen molar-refractivity contribution in [3.8, 4) is 0 Å². The van der Waals surface area contributed by atoms with E-state index in [1.807, 2.05) is 24.3 Å². The Labute approximate surface area is 156 Å². The van der Waals surface area contributed by atoms with E-state index in [0.29, 0.717) is 5.69 Å². The number of hydrogen-bond acceptors (Lipinski definition) is 5. The standard InChI is InChI=1S/C18H21ClN2O3S/c19-12-17(22)13-20-15-9-16(21(23)24)11-18(10-15)25-8-4-7-14-5-2-1-3-6-14/h1-3,5-6,9-11,17,20,22H,4,7-8,12-13H2. The number of alkyl halides is 1. The minimum atomic E-state index is -0.692. The number of aryl methyl sites for hydroxylation is 1. The van der Waals surface area contributed by atoms with Crippen molar-refractivity contribution >= 4 is 34.7 Å². The van der Waals surface area contributed by atoms with Crippen LogP contribution in [0.1, 0.15) is 12.0 Å². The summed E-state index contributed by atoms with van der Waals surface area (Å²) in [6, 6.07) is 15.2. The summed E-state index contributed by atoms with van der Waals surface area (Å²) < 4.78 is 0. The number of nitrogens with one attached hydrogen (secondary N) is 1. The molecule has 0 aliphatic heterocycles. The average molecular weight is 381 g/mol. The molecule has 2 N–H and O–H groups in total. The predicted molar refractivity (Wildman–Crippen MR) is 104 cm³/mol. The molecule has 1 unspecified atom stereocenters. The van der Waals surface area contributed by atoms with Crippen LogP contribution < -0.4 is 5.32 Å². The van der Waals surface area contributed by atoms with Gasteiger partial charge in [-0.2, -0.15) is 0 Å². The zero-order valence-corrected chi connectivity index (χ0v) is 15.3. The Balaban J connectivity index is 1.93. The third-order valence-corrected chi connectivity index (χ3v) is 4.96. The van der Waals surface area contributed by atoms with Gasteiger partial charge in [-0.15, -0.1) is 23.4 Å². The normalized spacial score (nSPS) is 11.9. The van der Waals surface area contributed by atoms with E-state index in [1.165, 1.54) is 11.6 Å². The molecular weight excluding hydrogens is 360 g/mol. The number of aliphatic hydroxyl groups is 1. The third kappa shape index (κ3) is 6.94. The first-order valence-corrected chi connectivity index (χ1v) is 9.54. The number of rotatable bonds is 10. The van der Waals surface area contributed by atoms with Crippen LogP contribution in [0.5, 0.6) is 0 Å². The zero-order chi connectivity index (χ0) is 18.1. The van der Waals surface area contributed by atoms with Crippen LogP contribution in [-0.2, 0) is 6.42 Å². The summed E-state index contributed by atoms with van der Waals surface area (Å²) in [6.45, 7) is 0.253. The van der Waals surface area contributed by atoms with Gasteiger partial charge in [0.25, 0.3) is 5.69 Å². The van der Waals surface area contributed by atoms with Crippen molar-refractivity contribution < 1.29 is 10.0 Å². The van der Waals surface area contributed by atoms with Gasteiger partial charge in [0, 0.05) is 29.3 Å². The zero-order valence-electron chi connectivity index (χ0n) is 13.7. The maximum absolute atomic E-state index is 11.1. The van der Waals surface area contributed by atoms with Crippen LogP contribution >= 0.6 is 23.4 Å². The van der Waals surface area contributed by atoms with Gasteiger partial charge in [0.05, 0.1) is 16.9 Å². The van der Waals surface area contributed by atoms with Crippen LogP contribution in [-0.4, -0.2) is 34.3 Å². The Kier molecular flexibility index (Phi) is 8.04. The fourth-order valence-electron chi connectivity index (χ4n) is 2.28. The molecule has 0 fully saturated rings. The minimum Gasteiger partial charge on any atom is -0.390 e. The smallest absolute Gasteiger partial charge is 0.272 e. The summed E-state index contributed by atoms with van der Waals surface area (Å²) in [4.78, 5) is 11.5. The van der Waals surface area contributed by atoms with Gasteiger partial charge in [-0.3, -0.25) is 10.1 Å². The van der Waals surface area contributed by atoms with Crippen LogP contribution in [0, 0.1) is 10.1 Å². The lowest BCUT2D eigenvalue weighted by Crippen LogP contribution is -2.20. The minimum absolute atomic E-state index is 0.0379. The number of nitro groups is 1. The largest absolute Gasteiger partial charge is 0.390 e. The van der Waals surface area contributed by atoms with Crippen LogP contribution in [0.15, 0.2) is 53.4 Å². The lowest BCUT2D eigenvalue weighted by Gasteiger charge is -2.11. The second-order valence-corrected chi connectivity index (χ2v) is 7.08. The third-order valence-electron chi connectivity index (χ3n) is 3.54. The van der Waals surface area contributed by atoms with Gasteiger partial charge in [-0.25, -0.2) is 0 Å². The first-order valence-electron chi connectivity index (χ1n) is 8.02. The molecule has 0 aromatic heterocycles. The molecule has 5 nitrogen and oxygen atoms in total. The number of hydrogen-bond donors (Lipinski definition) is 2. The molecule has 0 heterocycles. The van der Waals surface area contributed by atoms with Crippen molar-refractivity contribution in [1.82, 2.24) is 0 Å². The van der Waals surface area contributed by atoms with Crippen LogP contribution in [0.3, 0.4) is 0 Å². The molecule has 0 saturated heterocycles. The van der Waals surface area contributed by atoms with E-state index in [2.05, 4.69) is 17.4 Å². The highest BCUT2D eigenvalue weighted by molar-refractivity contribution is 7.99. The van der Waals surface area contributed by atoms with Crippen LogP contribution in [0.2, 0.25) is 0 Å². The Morgan fingerprint density at radius 3 is 2.68 bits per heavy atom. The number of thioether (sulfide) groups is 1. The molecule has 2 rings (SSSR count). The fourth-order valence-corrected chi connectivity index (χ4v) is 3.32. The van der Waals surface area contributed by atoms with Gasteiger partial charge < -0.3 is 10.4 Å². The lowest BCUT2D eigenvalue weighted by atomic mass is 10.1. The number of benzene rings is 2. The maximum atomic E-state index is 11.1. The molecule has 7 heteroatoms. The molecule has 2 aromatic carbocycles. The average Bonchev–Trinajstić information content (AvgIpc) is 2.64. The van der Waals surface area contributed by atoms with Crippen molar-refractivity contribution in [3.63, 3.8) is 0 Å². The molecule has 0 aliphatic carbocycles. The summed E-state index contributed by atoms with van der Waals surface area (Å²) in [7, 11) is 0. The van der Waals surface area contributed by atoms with Crippen molar-refractivity contribution in [2.75, 3.05) is 23.5 Å². The summed E-state index contributed by atoms with van der Waals surface area (Å²) in [5.74, 6) is 0.989. The molecular formula is C18H21ClN2O3S. The molecule has 2 aromatic rings. The number of nitro benzene ring substituents is 1. The molecule has 1 atom stereocenters. The van der Waals surface area contributed by atoms with Crippen LogP contribution in [0.4, 0.5) is 11.4 Å². The quantitative estimate of drug-likeness (QED) is 0.211. The summed E-state index contributed by atoms with van der Waals surface area (Å²) in [6.07, 6.45) is 1.28. The predicted octanol–water partition coefficient (Wildman–Crippen LogP) is 4.33. The van der Waals surface area contributed by atoms with Gasteiger partial charge in [-0.05, 0) is 30.2 Å². The molecule has 0 saturated carbocycles. The van der Waals surface area contributed by atoms with E-state index in [9.17, 15) is 15.2 Å². The summed E-state index contributed by atoms with van der Waals surface area (Å²) in [5, 5.41) is 23.6. The highest BCUT2D eigenvalue weighted by Crippen LogP contribution is 2.28. The van der Waals surface area contributed by atoms with Crippen molar-refractivity contribution in [2.24, 2.45) is 0 Å². The molecule has 0 bridgehead atoms. The topological polar surface area (TPSA) is 75.4 Å². The summed E-state index contributed by atoms with van der Waals surface area (Å²) >= 11 is 7.16. The van der Waals surface area contributed by atoms with Gasteiger partial charge >= 0.3 is 0 Å². The molecule has 134 valence electrons. The van der Waals surface area contributed by atoms with Gasteiger partial charge in [0.1, 0.15) is 0 Å².